The summed E-state index contributed by atoms with van der Waals surface area (Å²) in [6.45, 7) is 4.21. The zero-order valence-electron chi connectivity index (χ0n) is 11.7. The molecule has 1 saturated heterocycles. The van der Waals surface area contributed by atoms with Crippen LogP contribution in [0, 0.1) is 13.8 Å². The normalized spacial score (nSPS) is 22.0. The fourth-order valence-electron chi connectivity index (χ4n) is 3.24. The number of imide groups is 1. The molecule has 0 radical (unpaired) electrons. The van der Waals surface area contributed by atoms with E-state index in [1.54, 1.807) is 0 Å². The van der Waals surface area contributed by atoms with E-state index < -0.39 is 0 Å². The molecule has 2 heterocycles. The fraction of sp³-hybridized carbons (Fsp3) is 0.467. The molecule has 0 unspecified atom stereocenters. The maximum Gasteiger partial charge on any atom is 0.290 e. The first-order valence-corrected chi connectivity index (χ1v) is 7.81. The minimum Gasteiger partial charge on any atom is -0.346 e. The zero-order chi connectivity index (χ0) is 14.3. The van der Waals surface area contributed by atoms with E-state index >= 15 is 0 Å². The summed E-state index contributed by atoms with van der Waals surface area (Å²) in [5.74, 6) is -0.286. The summed E-state index contributed by atoms with van der Waals surface area (Å²) in [7, 11) is 0. The van der Waals surface area contributed by atoms with Gasteiger partial charge in [-0.3, -0.25) is 14.9 Å². The molecule has 20 heavy (non-hydrogen) atoms. The first-order valence-electron chi connectivity index (χ1n) is 6.99. The maximum atomic E-state index is 11.6. The van der Waals surface area contributed by atoms with E-state index in [0.29, 0.717) is 10.9 Å². The summed E-state index contributed by atoms with van der Waals surface area (Å²) in [5, 5.41) is 2.01. The Hall–Kier alpha value is -1.49. The third-order valence-electron chi connectivity index (χ3n) is 4.14. The lowest BCUT2D eigenvalue weighted by Crippen LogP contribution is -2.17. The quantitative estimate of drug-likeness (QED) is 0.848. The summed E-state index contributed by atoms with van der Waals surface area (Å²) >= 11 is 0.977. The van der Waals surface area contributed by atoms with Gasteiger partial charge >= 0.3 is 0 Å². The lowest BCUT2D eigenvalue weighted by Gasteiger charge is -2.17. The number of aromatic nitrogens is 1. The van der Waals surface area contributed by atoms with E-state index in [2.05, 4.69) is 29.8 Å². The minimum atomic E-state index is -0.286. The van der Waals surface area contributed by atoms with E-state index in [4.69, 9.17) is 0 Å². The molecular weight excluding hydrogens is 272 g/mol. The number of aryl methyl sites for hydroxylation is 1. The minimum absolute atomic E-state index is 0.286. The molecule has 1 aliphatic heterocycles. The molecule has 2 fully saturated rings. The standard InChI is InChI=1S/C15H18N2O2S/c1-9-7-11(8-13-14(18)16-15(19)20-13)10(2)17(9)12-5-3-4-6-12/h7-8,12H,3-6H2,1-2H3,(H,16,18,19)/b13-8+. The van der Waals surface area contributed by atoms with E-state index in [0.717, 1.165) is 17.3 Å². The van der Waals surface area contributed by atoms with Crippen LogP contribution in [0.15, 0.2) is 11.0 Å². The number of nitrogens with one attached hydrogen (secondary N) is 1. The number of nitrogens with zero attached hydrogens (tertiary/aromatic N) is 1. The molecule has 3 rings (SSSR count). The van der Waals surface area contributed by atoms with Crippen molar-refractivity contribution in [1.82, 2.24) is 9.88 Å². The first-order chi connectivity index (χ1) is 9.56. The van der Waals surface area contributed by atoms with Crippen LogP contribution in [0.5, 0.6) is 0 Å². The van der Waals surface area contributed by atoms with Gasteiger partial charge in [0.15, 0.2) is 0 Å². The zero-order valence-corrected chi connectivity index (χ0v) is 12.5. The molecule has 2 aliphatic rings. The smallest absolute Gasteiger partial charge is 0.290 e. The molecule has 106 valence electrons. The van der Waals surface area contributed by atoms with E-state index in [9.17, 15) is 9.59 Å². The Bertz CT molecular complexity index is 610. The SMILES string of the molecule is Cc1cc(/C=C2/SC(=O)NC2=O)c(C)n1C1CCCC1. The number of hydrogen-bond donors (Lipinski definition) is 1. The molecule has 0 bridgehead atoms. The highest BCUT2D eigenvalue weighted by molar-refractivity contribution is 8.18. The Morgan fingerprint density at radius 3 is 2.60 bits per heavy atom. The topological polar surface area (TPSA) is 51.1 Å². The highest BCUT2D eigenvalue weighted by Crippen LogP contribution is 2.34. The van der Waals surface area contributed by atoms with Crippen molar-refractivity contribution in [2.75, 3.05) is 0 Å². The summed E-state index contributed by atoms with van der Waals surface area (Å²) in [5.41, 5.74) is 3.47. The van der Waals surface area contributed by atoms with E-state index in [1.807, 2.05) is 6.08 Å². The molecule has 0 spiro atoms. The van der Waals surface area contributed by atoms with Crippen molar-refractivity contribution in [3.8, 4) is 0 Å². The Kier molecular flexibility index (Phi) is 3.46. The second kappa shape index (κ2) is 5.13. The summed E-state index contributed by atoms with van der Waals surface area (Å²) < 4.78 is 2.39. The molecular formula is C15H18N2O2S. The molecule has 0 aromatic carbocycles. The number of carbonyl (C=O) groups excluding carboxylic acids is 2. The monoisotopic (exact) mass is 290 g/mol. The maximum absolute atomic E-state index is 11.6. The van der Waals surface area contributed by atoms with Crippen LogP contribution < -0.4 is 5.32 Å². The number of amides is 2. The Balaban J connectivity index is 1.95. The number of hydrogen-bond acceptors (Lipinski definition) is 3. The second-order valence-electron chi connectivity index (χ2n) is 5.49. The first kappa shape index (κ1) is 13.5. The van der Waals surface area contributed by atoms with Crippen LogP contribution in [0.25, 0.3) is 6.08 Å². The van der Waals surface area contributed by atoms with Crippen LogP contribution >= 0.6 is 11.8 Å². The number of carbonyl (C=O) groups is 2. The van der Waals surface area contributed by atoms with Gasteiger partial charge in [0.2, 0.25) is 0 Å². The molecule has 1 aromatic heterocycles. The predicted octanol–water partition coefficient (Wildman–Crippen LogP) is 3.54. The summed E-state index contributed by atoms with van der Waals surface area (Å²) in [4.78, 5) is 23.3. The van der Waals surface area contributed by atoms with Crippen molar-refractivity contribution in [2.24, 2.45) is 0 Å². The van der Waals surface area contributed by atoms with Gasteiger partial charge in [-0.2, -0.15) is 0 Å². The molecule has 4 nitrogen and oxygen atoms in total. The van der Waals surface area contributed by atoms with Gasteiger partial charge in [-0.05, 0) is 56.2 Å². The van der Waals surface area contributed by atoms with Gasteiger partial charge in [0, 0.05) is 17.4 Å². The van der Waals surface area contributed by atoms with Crippen LogP contribution in [0.3, 0.4) is 0 Å². The highest BCUT2D eigenvalue weighted by atomic mass is 32.2. The number of thioether (sulfide) groups is 1. The number of rotatable bonds is 2. The van der Waals surface area contributed by atoms with Crippen LogP contribution in [-0.4, -0.2) is 15.7 Å². The van der Waals surface area contributed by atoms with Gasteiger partial charge < -0.3 is 4.57 Å². The average molecular weight is 290 g/mol. The van der Waals surface area contributed by atoms with Crippen molar-refractivity contribution in [2.45, 2.75) is 45.6 Å². The van der Waals surface area contributed by atoms with Gasteiger partial charge in [-0.1, -0.05) is 12.8 Å². The average Bonchev–Trinajstić information content (AvgIpc) is 3.04. The Morgan fingerprint density at radius 2 is 2.00 bits per heavy atom. The van der Waals surface area contributed by atoms with Crippen LogP contribution in [0.2, 0.25) is 0 Å². The Morgan fingerprint density at radius 1 is 1.30 bits per heavy atom. The lowest BCUT2D eigenvalue weighted by atomic mass is 10.2. The lowest BCUT2D eigenvalue weighted by molar-refractivity contribution is -0.115. The van der Waals surface area contributed by atoms with E-state index in [1.165, 1.54) is 37.1 Å². The Labute approximate surface area is 122 Å². The molecule has 1 aromatic rings. The van der Waals surface area contributed by atoms with Gasteiger partial charge in [0.05, 0.1) is 4.91 Å². The van der Waals surface area contributed by atoms with Gasteiger partial charge in [-0.25, -0.2) is 0 Å². The van der Waals surface area contributed by atoms with Crippen molar-refractivity contribution in [3.05, 3.63) is 27.9 Å². The molecule has 1 aliphatic carbocycles. The second-order valence-corrected chi connectivity index (χ2v) is 6.50. The van der Waals surface area contributed by atoms with Gasteiger partial charge in [0.25, 0.3) is 11.1 Å². The van der Waals surface area contributed by atoms with Crippen LogP contribution in [-0.2, 0) is 4.79 Å². The predicted molar refractivity (Wildman–Crippen MR) is 80.5 cm³/mol. The fourth-order valence-corrected chi connectivity index (χ4v) is 3.91. The van der Waals surface area contributed by atoms with Crippen molar-refractivity contribution in [1.29, 1.82) is 0 Å². The molecule has 2 amide bonds. The van der Waals surface area contributed by atoms with Gasteiger partial charge in [0.1, 0.15) is 0 Å². The van der Waals surface area contributed by atoms with Crippen molar-refractivity contribution >= 4 is 29.0 Å². The third-order valence-corrected chi connectivity index (χ3v) is 4.95. The van der Waals surface area contributed by atoms with E-state index in [-0.39, 0.29) is 11.1 Å². The third kappa shape index (κ3) is 2.30. The largest absolute Gasteiger partial charge is 0.346 e. The summed E-state index contributed by atoms with van der Waals surface area (Å²) in [6, 6.07) is 2.70. The molecule has 5 heteroatoms. The highest BCUT2D eigenvalue weighted by Gasteiger charge is 2.26. The molecule has 1 saturated carbocycles. The van der Waals surface area contributed by atoms with Crippen molar-refractivity contribution in [3.63, 3.8) is 0 Å². The molecule has 0 atom stereocenters. The van der Waals surface area contributed by atoms with Gasteiger partial charge in [-0.15, -0.1) is 0 Å². The van der Waals surface area contributed by atoms with Crippen LogP contribution in [0.1, 0.15) is 48.7 Å². The van der Waals surface area contributed by atoms with Crippen molar-refractivity contribution < 1.29 is 9.59 Å². The van der Waals surface area contributed by atoms with Crippen LogP contribution in [0.4, 0.5) is 4.79 Å². The summed E-state index contributed by atoms with van der Waals surface area (Å²) in [6.07, 6.45) is 6.90. The molecule has 1 N–H and O–H groups in total.